The van der Waals surface area contributed by atoms with Crippen LogP contribution in [0.1, 0.15) is 50.5 Å². The fourth-order valence-corrected chi connectivity index (χ4v) is 3.23. The average molecular weight is 275 g/mol. The summed E-state index contributed by atoms with van der Waals surface area (Å²) < 4.78 is 4.88. The third-order valence-corrected chi connectivity index (χ3v) is 4.31. The number of para-hydroxylation sites is 1. The Morgan fingerprint density at radius 3 is 2.90 bits per heavy atom. The van der Waals surface area contributed by atoms with E-state index in [0.717, 1.165) is 11.6 Å². The van der Waals surface area contributed by atoms with Crippen molar-refractivity contribution in [2.24, 2.45) is 5.92 Å². The lowest BCUT2D eigenvalue weighted by Crippen LogP contribution is -2.20. The molecule has 0 heterocycles. The average Bonchev–Trinajstić information content (AvgIpc) is 2.48. The maximum absolute atomic E-state index is 11.7. The van der Waals surface area contributed by atoms with Gasteiger partial charge in [0.15, 0.2) is 0 Å². The summed E-state index contributed by atoms with van der Waals surface area (Å²) in [6.07, 6.45) is 6.38. The second kappa shape index (κ2) is 7.44. The molecule has 1 aromatic carbocycles. The third-order valence-electron chi connectivity index (χ3n) is 4.31. The lowest BCUT2D eigenvalue weighted by Gasteiger charge is -2.30. The molecule has 2 atom stereocenters. The van der Waals surface area contributed by atoms with Crippen LogP contribution < -0.4 is 5.32 Å². The first-order chi connectivity index (χ1) is 9.74. The van der Waals surface area contributed by atoms with E-state index in [1.807, 2.05) is 12.1 Å². The molecule has 20 heavy (non-hydrogen) atoms. The quantitative estimate of drug-likeness (QED) is 0.883. The standard InChI is InChI=1S/C17H25NO2/c1-3-13-7-6-8-14(11-13)15-9-4-5-10-16(15)18-17(19)12-20-2/h4-5,9-10,13-14H,3,6-8,11-12H2,1-2H3,(H,18,19). The number of benzene rings is 1. The van der Waals surface area contributed by atoms with Crippen LogP contribution in [0, 0.1) is 5.92 Å². The second-order valence-electron chi connectivity index (χ2n) is 5.71. The molecule has 1 fully saturated rings. The van der Waals surface area contributed by atoms with Crippen molar-refractivity contribution in [3.05, 3.63) is 29.8 Å². The predicted octanol–water partition coefficient (Wildman–Crippen LogP) is 3.96. The lowest BCUT2D eigenvalue weighted by molar-refractivity contribution is -0.119. The van der Waals surface area contributed by atoms with E-state index in [0.29, 0.717) is 5.92 Å². The molecule has 3 nitrogen and oxygen atoms in total. The van der Waals surface area contributed by atoms with Gasteiger partial charge in [-0.2, -0.15) is 0 Å². The van der Waals surface area contributed by atoms with Crippen molar-refractivity contribution in [2.45, 2.75) is 44.9 Å². The summed E-state index contributed by atoms with van der Waals surface area (Å²) in [6, 6.07) is 8.20. The largest absolute Gasteiger partial charge is 0.375 e. The van der Waals surface area contributed by atoms with E-state index < -0.39 is 0 Å². The Morgan fingerprint density at radius 2 is 2.15 bits per heavy atom. The van der Waals surface area contributed by atoms with Crippen LogP contribution in [0.5, 0.6) is 0 Å². The molecule has 1 amide bonds. The molecule has 1 aliphatic carbocycles. The fraction of sp³-hybridized carbons (Fsp3) is 0.588. The minimum Gasteiger partial charge on any atom is -0.375 e. The van der Waals surface area contributed by atoms with Crippen LogP contribution in [0.3, 0.4) is 0 Å². The lowest BCUT2D eigenvalue weighted by atomic mass is 9.76. The molecule has 2 unspecified atom stereocenters. The highest BCUT2D eigenvalue weighted by atomic mass is 16.5. The normalized spacial score (nSPS) is 22.5. The molecule has 3 heteroatoms. The van der Waals surface area contributed by atoms with Crippen LogP contribution in [0.15, 0.2) is 24.3 Å². The summed E-state index contributed by atoms with van der Waals surface area (Å²) in [5.41, 5.74) is 2.24. The Morgan fingerprint density at radius 1 is 1.35 bits per heavy atom. The van der Waals surface area contributed by atoms with Gasteiger partial charge in [0.25, 0.3) is 0 Å². The number of carbonyl (C=O) groups is 1. The maximum atomic E-state index is 11.7. The number of nitrogens with one attached hydrogen (secondary N) is 1. The van der Waals surface area contributed by atoms with E-state index in [4.69, 9.17) is 4.74 Å². The van der Waals surface area contributed by atoms with Crippen molar-refractivity contribution in [1.82, 2.24) is 0 Å². The minimum atomic E-state index is -0.0807. The number of amides is 1. The van der Waals surface area contributed by atoms with Gasteiger partial charge in [-0.3, -0.25) is 4.79 Å². The highest BCUT2D eigenvalue weighted by Gasteiger charge is 2.24. The Kier molecular flexibility index (Phi) is 5.60. The van der Waals surface area contributed by atoms with Gasteiger partial charge in [-0.1, -0.05) is 44.4 Å². The molecule has 1 saturated carbocycles. The summed E-state index contributed by atoms with van der Waals surface area (Å²) in [6.45, 7) is 2.38. The molecule has 1 aliphatic rings. The van der Waals surface area contributed by atoms with Gasteiger partial charge in [0.1, 0.15) is 6.61 Å². The van der Waals surface area contributed by atoms with Crippen LogP contribution in [-0.2, 0) is 9.53 Å². The first kappa shape index (κ1) is 15.0. The van der Waals surface area contributed by atoms with Crippen molar-refractivity contribution >= 4 is 11.6 Å². The van der Waals surface area contributed by atoms with E-state index in [2.05, 4.69) is 24.4 Å². The summed E-state index contributed by atoms with van der Waals surface area (Å²) >= 11 is 0. The zero-order chi connectivity index (χ0) is 14.4. The van der Waals surface area contributed by atoms with Crippen LogP contribution in [0.2, 0.25) is 0 Å². The molecule has 110 valence electrons. The van der Waals surface area contributed by atoms with Crippen molar-refractivity contribution in [1.29, 1.82) is 0 Å². The Bertz CT molecular complexity index is 444. The first-order valence-electron chi connectivity index (χ1n) is 7.62. The molecule has 0 aliphatic heterocycles. The van der Waals surface area contributed by atoms with Gasteiger partial charge < -0.3 is 10.1 Å². The summed E-state index contributed by atoms with van der Waals surface area (Å²) in [4.78, 5) is 11.7. The molecule has 0 aromatic heterocycles. The van der Waals surface area contributed by atoms with E-state index in [1.165, 1.54) is 37.7 Å². The summed E-state index contributed by atoms with van der Waals surface area (Å²) in [7, 11) is 1.54. The van der Waals surface area contributed by atoms with Gasteiger partial charge in [0, 0.05) is 12.8 Å². The number of rotatable bonds is 5. The molecule has 0 radical (unpaired) electrons. The maximum Gasteiger partial charge on any atom is 0.250 e. The molecule has 0 saturated heterocycles. The van der Waals surface area contributed by atoms with Gasteiger partial charge in [-0.25, -0.2) is 0 Å². The molecule has 2 rings (SSSR count). The molecule has 1 aromatic rings. The Labute approximate surface area is 121 Å². The van der Waals surface area contributed by atoms with Gasteiger partial charge in [-0.05, 0) is 36.3 Å². The SMILES string of the molecule is CCC1CCCC(c2ccccc2NC(=O)COC)C1. The van der Waals surface area contributed by atoms with Gasteiger partial charge in [0.2, 0.25) is 5.91 Å². The van der Waals surface area contributed by atoms with Crippen molar-refractivity contribution < 1.29 is 9.53 Å². The van der Waals surface area contributed by atoms with E-state index in [9.17, 15) is 4.79 Å². The fourth-order valence-electron chi connectivity index (χ4n) is 3.23. The molecular weight excluding hydrogens is 250 g/mol. The predicted molar refractivity (Wildman–Crippen MR) is 81.9 cm³/mol. The first-order valence-corrected chi connectivity index (χ1v) is 7.62. The number of hydrogen-bond donors (Lipinski definition) is 1. The molecule has 0 bridgehead atoms. The number of hydrogen-bond acceptors (Lipinski definition) is 2. The van der Waals surface area contributed by atoms with Gasteiger partial charge in [-0.15, -0.1) is 0 Å². The van der Waals surface area contributed by atoms with Crippen molar-refractivity contribution in [2.75, 3.05) is 19.0 Å². The third kappa shape index (κ3) is 3.83. The van der Waals surface area contributed by atoms with Gasteiger partial charge in [0.05, 0.1) is 0 Å². The molecular formula is C17H25NO2. The highest BCUT2D eigenvalue weighted by molar-refractivity contribution is 5.92. The van der Waals surface area contributed by atoms with E-state index in [1.54, 1.807) is 7.11 Å². The molecule has 1 N–H and O–H groups in total. The number of methoxy groups -OCH3 is 1. The van der Waals surface area contributed by atoms with E-state index >= 15 is 0 Å². The van der Waals surface area contributed by atoms with Crippen molar-refractivity contribution in [3.8, 4) is 0 Å². The topological polar surface area (TPSA) is 38.3 Å². The number of anilines is 1. The number of ether oxygens (including phenoxy) is 1. The summed E-state index contributed by atoms with van der Waals surface area (Å²) in [5, 5.41) is 2.98. The van der Waals surface area contributed by atoms with E-state index in [-0.39, 0.29) is 12.5 Å². The Balaban J connectivity index is 2.12. The summed E-state index contributed by atoms with van der Waals surface area (Å²) in [5.74, 6) is 1.33. The number of carbonyl (C=O) groups excluding carboxylic acids is 1. The Hall–Kier alpha value is -1.35. The van der Waals surface area contributed by atoms with Crippen molar-refractivity contribution in [3.63, 3.8) is 0 Å². The minimum absolute atomic E-state index is 0.0807. The van der Waals surface area contributed by atoms with Crippen LogP contribution in [0.25, 0.3) is 0 Å². The smallest absolute Gasteiger partial charge is 0.250 e. The highest BCUT2D eigenvalue weighted by Crippen LogP contribution is 2.40. The van der Waals surface area contributed by atoms with Crippen LogP contribution in [0.4, 0.5) is 5.69 Å². The second-order valence-corrected chi connectivity index (χ2v) is 5.71. The zero-order valence-electron chi connectivity index (χ0n) is 12.5. The van der Waals surface area contributed by atoms with Crippen LogP contribution >= 0.6 is 0 Å². The zero-order valence-corrected chi connectivity index (χ0v) is 12.5. The van der Waals surface area contributed by atoms with Gasteiger partial charge >= 0.3 is 0 Å². The van der Waals surface area contributed by atoms with Crippen LogP contribution in [-0.4, -0.2) is 19.6 Å². The monoisotopic (exact) mass is 275 g/mol. The molecule has 0 spiro atoms.